The second-order valence-electron chi connectivity index (χ2n) is 5.34. The van der Waals surface area contributed by atoms with Crippen LogP contribution < -0.4 is 11.1 Å². The Kier molecular flexibility index (Phi) is 5.79. The smallest absolute Gasteiger partial charge is 0.218 e. The van der Waals surface area contributed by atoms with E-state index in [9.17, 15) is 4.39 Å². The van der Waals surface area contributed by atoms with Gasteiger partial charge in [0.2, 0.25) is 5.84 Å². The van der Waals surface area contributed by atoms with Crippen LogP contribution in [0.25, 0.3) is 0 Å². The summed E-state index contributed by atoms with van der Waals surface area (Å²) in [5.41, 5.74) is 8.08. The normalized spacial score (nSPS) is 16.0. The van der Waals surface area contributed by atoms with Crippen molar-refractivity contribution in [1.82, 2.24) is 4.98 Å². The van der Waals surface area contributed by atoms with Crippen LogP contribution in [-0.2, 0) is 6.42 Å². The third-order valence-electron chi connectivity index (χ3n) is 3.66. The number of hydrogen-bond donors (Lipinski definition) is 4. The minimum Gasteiger partial charge on any atom is -0.409 e. The maximum Gasteiger partial charge on any atom is 0.218 e. The number of aromatic nitrogens is 1. The third-order valence-corrected chi connectivity index (χ3v) is 3.66. The van der Waals surface area contributed by atoms with Crippen LogP contribution in [0.2, 0.25) is 0 Å². The molecule has 1 aromatic heterocycles. The molecule has 0 saturated carbocycles. The lowest BCUT2D eigenvalue weighted by molar-refractivity contribution is 0.319. The highest BCUT2D eigenvalue weighted by atomic mass is 19.1. The van der Waals surface area contributed by atoms with Gasteiger partial charge in [-0.15, -0.1) is 0 Å². The van der Waals surface area contributed by atoms with Gasteiger partial charge in [-0.2, -0.15) is 5.26 Å². The zero-order chi connectivity index (χ0) is 18.4. The molecule has 2 rings (SSSR count). The number of oxime groups is 1. The van der Waals surface area contributed by atoms with Crippen LogP contribution in [0.3, 0.4) is 0 Å². The summed E-state index contributed by atoms with van der Waals surface area (Å²) >= 11 is 0. The predicted octanol–water partition coefficient (Wildman–Crippen LogP) is 1.76. The quantitative estimate of drug-likeness (QED) is 0.353. The first-order valence-electron chi connectivity index (χ1n) is 7.57. The van der Waals surface area contributed by atoms with Crippen molar-refractivity contribution in [2.24, 2.45) is 15.9 Å². The van der Waals surface area contributed by atoms with E-state index in [-0.39, 0.29) is 17.2 Å². The van der Waals surface area contributed by atoms with Crippen LogP contribution in [0.5, 0.6) is 0 Å². The number of amidine groups is 1. The molecule has 0 aromatic carbocycles. The van der Waals surface area contributed by atoms with Gasteiger partial charge in [0.05, 0.1) is 17.9 Å². The molecule has 2 heterocycles. The fourth-order valence-corrected chi connectivity index (χ4v) is 2.32. The number of rotatable bonds is 6. The molecule has 0 unspecified atom stereocenters. The first-order valence-corrected chi connectivity index (χ1v) is 7.57. The lowest BCUT2D eigenvalue weighted by Crippen LogP contribution is -2.29. The molecular formula is C16H18FN7O. The molecule has 0 amide bonds. The Labute approximate surface area is 144 Å². The number of anilines is 1. The number of dihydropyridines is 1. The van der Waals surface area contributed by atoms with Crippen LogP contribution in [0.1, 0.15) is 24.6 Å². The van der Waals surface area contributed by atoms with Gasteiger partial charge in [0.1, 0.15) is 17.6 Å². The highest BCUT2D eigenvalue weighted by Crippen LogP contribution is 2.19. The molecule has 1 aliphatic heterocycles. The van der Waals surface area contributed by atoms with Crippen molar-refractivity contribution in [2.45, 2.75) is 19.8 Å². The van der Waals surface area contributed by atoms with E-state index < -0.39 is 6.67 Å². The number of nitriles is 1. The SMILES string of the molecule is CC1=N/C(=N/O)C(=N)C(N)=C1Cc1ccc(C#N)c(NCCCF)n1. The van der Waals surface area contributed by atoms with E-state index in [1.54, 1.807) is 19.1 Å². The van der Waals surface area contributed by atoms with Crippen molar-refractivity contribution >= 4 is 23.1 Å². The molecular weight excluding hydrogens is 325 g/mol. The summed E-state index contributed by atoms with van der Waals surface area (Å²) in [5.74, 6) is 0.242. The average molecular weight is 343 g/mol. The Hall–Kier alpha value is -3.28. The topological polar surface area (TPSA) is 144 Å². The van der Waals surface area contributed by atoms with E-state index in [4.69, 9.17) is 21.6 Å². The van der Waals surface area contributed by atoms with Crippen LogP contribution in [0.4, 0.5) is 10.2 Å². The Morgan fingerprint density at radius 2 is 2.24 bits per heavy atom. The first-order chi connectivity index (χ1) is 12.0. The molecule has 0 spiro atoms. The van der Waals surface area contributed by atoms with E-state index in [1.807, 2.05) is 6.07 Å². The number of nitrogens with one attached hydrogen (secondary N) is 2. The Bertz CT molecular complexity index is 820. The molecule has 1 aliphatic rings. The van der Waals surface area contributed by atoms with Crippen LogP contribution in [0, 0.1) is 16.7 Å². The first kappa shape index (κ1) is 18.1. The van der Waals surface area contributed by atoms with E-state index in [2.05, 4.69) is 20.4 Å². The van der Waals surface area contributed by atoms with Gasteiger partial charge in [0.25, 0.3) is 0 Å². The van der Waals surface area contributed by atoms with Gasteiger partial charge in [-0.3, -0.25) is 9.80 Å². The fraction of sp³-hybridized carbons (Fsp3) is 0.312. The molecule has 1 aromatic rings. The highest BCUT2D eigenvalue weighted by Gasteiger charge is 2.23. The Morgan fingerprint density at radius 1 is 1.48 bits per heavy atom. The minimum atomic E-state index is -0.454. The highest BCUT2D eigenvalue weighted by molar-refractivity contribution is 6.50. The van der Waals surface area contributed by atoms with Gasteiger partial charge in [-0.25, -0.2) is 9.98 Å². The van der Waals surface area contributed by atoms with E-state index in [1.165, 1.54) is 0 Å². The number of aliphatic imine (C=N–C) groups is 1. The lowest BCUT2D eigenvalue weighted by Gasteiger charge is -2.17. The summed E-state index contributed by atoms with van der Waals surface area (Å²) in [6.45, 7) is 1.61. The molecule has 8 nitrogen and oxygen atoms in total. The van der Waals surface area contributed by atoms with Crippen molar-refractivity contribution in [2.75, 3.05) is 18.5 Å². The van der Waals surface area contributed by atoms with Crippen molar-refractivity contribution in [3.8, 4) is 6.07 Å². The zero-order valence-electron chi connectivity index (χ0n) is 13.7. The number of nitrogens with zero attached hydrogens (tertiary/aromatic N) is 4. The zero-order valence-corrected chi connectivity index (χ0v) is 13.7. The number of hydrogen-bond acceptors (Lipinski definition) is 7. The third kappa shape index (κ3) is 3.98. The van der Waals surface area contributed by atoms with Crippen LogP contribution >= 0.6 is 0 Å². The van der Waals surface area contributed by atoms with Crippen molar-refractivity contribution in [1.29, 1.82) is 10.7 Å². The van der Waals surface area contributed by atoms with Gasteiger partial charge >= 0.3 is 0 Å². The summed E-state index contributed by atoms with van der Waals surface area (Å²) in [4.78, 5) is 8.44. The molecule has 0 atom stereocenters. The number of nitrogens with two attached hydrogens (primary N) is 1. The van der Waals surface area contributed by atoms with Gasteiger partial charge in [-0.05, 0) is 25.5 Å². The van der Waals surface area contributed by atoms with E-state index in [0.29, 0.717) is 47.7 Å². The summed E-state index contributed by atoms with van der Waals surface area (Å²) in [7, 11) is 0. The average Bonchev–Trinajstić information content (AvgIpc) is 2.62. The number of alkyl halides is 1. The lowest BCUT2D eigenvalue weighted by atomic mass is 9.97. The molecule has 9 heteroatoms. The number of allylic oxidation sites excluding steroid dienone is 1. The summed E-state index contributed by atoms with van der Waals surface area (Å²) in [6, 6.07) is 5.34. The summed E-state index contributed by atoms with van der Waals surface area (Å²) in [5, 5.41) is 31.8. The van der Waals surface area contributed by atoms with E-state index in [0.717, 1.165) is 0 Å². The number of pyridine rings is 1. The van der Waals surface area contributed by atoms with Crippen molar-refractivity contribution in [3.63, 3.8) is 0 Å². The number of halogens is 1. The maximum atomic E-state index is 12.2. The van der Waals surface area contributed by atoms with Crippen molar-refractivity contribution < 1.29 is 9.60 Å². The minimum absolute atomic E-state index is 0.139. The van der Waals surface area contributed by atoms with Gasteiger partial charge in [-0.1, -0.05) is 5.16 Å². The molecule has 5 N–H and O–H groups in total. The maximum absolute atomic E-state index is 12.2. The molecule has 0 saturated heterocycles. The van der Waals surface area contributed by atoms with Gasteiger partial charge < -0.3 is 16.3 Å². The molecule has 0 fully saturated rings. The standard InChI is InChI=1S/C16H18FN7O/c1-9-12(13(19)14(20)16(22-9)24-25)7-11-4-3-10(8-18)15(23-11)21-6-2-5-17/h3-4,20,25H,2,5-7,19H2,1H3,(H,21,23)/b20-14?,24-16+. The molecule has 130 valence electrons. The molecule has 0 bridgehead atoms. The van der Waals surface area contributed by atoms with Crippen LogP contribution in [0.15, 0.2) is 33.6 Å². The van der Waals surface area contributed by atoms with Crippen LogP contribution in [-0.4, -0.2) is 40.7 Å². The second-order valence-corrected chi connectivity index (χ2v) is 5.34. The second kappa shape index (κ2) is 8.01. The summed E-state index contributed by atoms with van der Waals surface area (Å²) < 4.78 is 12.2. The molecule has 0 radical (unpaired) electrons. The van der Waals surface area contributed by atoms with Crippen molar-refractivity contribution in [3.05, 3.63) is 34.7 Å². The summed E-state index contributed by atoms with van der Waals surface area (Å²) in [6.07, 6.45) is 0.618. The molecule has 0 aliphatic carbocycles. The largest absolute Gasteiger partial charge is 0.409 e. The Balaban J connectivity index is 2.30. The van der Waals surface area contributed by atoms with E-state index >= 15 is 0 Å². The fourth-order valence-electron chi connectivity index (χ4n) is 2.32. The van der Waals surface area contributed by atoms with Gasteiger partial charge in [0.15, 0.2) is 0 Å². The predicted molar refractivity (Wildman–Crippen MR) is 93.0 cm³/mol. The van der Waals surface area contributed by atoms with Gasteiger partial charge in [0, 0.05) is 29.9 Å². The monoisotopic (exact) mass is 343 g/mol. The molecule has 25 heavy (non-hydrogen) atoms. The Morgan fingerprint density at radius 3 is 2.88 bits per heavy atom.